The number of hydrogen-bond donors (Lipinski definition) is 0. The second-order valence-corrected chi connectivity index (χ2v) is 7.28. The van der Waals surface area contributed by atoms with E-state index in [9.17, 15) is 4.79 Å². The molecule has 4 rings (SSSR count). The maximum atomic E-state index is 11.6. The molecule has 0 bridgehead atoms. The lowest BCUT2D eigenvalue weighted by Crippen LogP contribution is -1.96. The highest BCUT2D eigenvalue weighted by Gasteiger charge is 2.17. The summed E-state index contributed by atoms with van der Waals surface area (Å²) in [4.78, 5) is 17.0. The summed E-state index contributed by atoms with van der Waals surface area (Å²) in [6.45, 7) is 0. The fraction of sp³-hybridized carbons (Fsp3) is 0.0556. The lowest BCUT2D eigenvalue weighted by atomic mass is 10.1. The minimum Gasteiger partial charge on any atom is -0.296 e. The molecule has 0 amide bonds. The van der Waals surface area contributed by atoms with Crippen LogP contribution in [0, 0.1) is 0 Å². The van der Waals surface area contributed by atoms with Crippen molar-refractivity contribution in [2.45, 2.75) is 6.42 Å². The molecular weight excluding hydrogens is 386 g/mol. The second-order valence-electron chi connectivity index (χ2n) is 5.32. The average molecular weight is 398 g/mol. The van der Waals surface area contributed by atoms with Gasteiger partial charge in [-0.1, -0.05) is 69.7 Å². The molecule has 24 heavy (non-hydrogen) atoms. The number of benzene rings is 2. The number of carbonyl (C=O) groups is 1. The predicted octanol–water partition coefficient (Wildman–Crippen LogP) is 4.62. The number of fused-ring (bicyclic) bond motifs is 1. The highest BCUT2D eigenvalue weighted by atomic mass is 79.9. The summed E-state index contributed by atoms with van der Waals surface area (Å²) in [5.74, 6) is 0. The summed E-state index contributed by atoms with van der Waals surface area (Å²) < 4.78 is 2.64. The third kappa shape index (κ3) is 2.79. The zero-order valence-electron chi connectivity index (χ0n) is 12.5. The van der Waals surface area contributed by atoms with Gasteiger partial charge in [-0.2, -0.15) is 9.61 Å². The molecule has 2 aromatic carbocycles. The minimum absolute atomic E-state index is 0.489. The SMILES string of the molecule is O=Cc1c(-c2ccc(Br)cc2)nc2sc(Cc3ccccc3)nn12. The molecule has 0 aliphatic heterocycles. The summed E-state index contributed by atoms with van der Waals surface area (Å²) in [5, 5.41) is 5.51. The van der Waals surface area contributed by atoms with Crippen molar-refractivity contribution in [1.82, 2.24) is 14.6 Å². The molecule has 0 radical (unpaired) electrons. The van der Waals surface area contributed by atoms with E-state index in [1.54, 1.807) is 4.52 Å². The standard InChI is InChI=1S/C18H12BrN3OS/c19-14-8-6-13(7-9-14)17-15(11-23)22-18(20-17)24-16(21-22)10-12-4-2-1-3-5-12/h1-9,11H,10H2. The molecule has 0 saturated heterocycles. The fourth-order valence-electron chi connectivity index (χ4n) is 2.57. The highest BCUT2D eigenvalue weighted by molar-refractivity contribution is 9.10. The average Bonchev–Trinajstić information content (AvgIpc) is 3.13. The normalized spacial score (nSPS) is 11.0. The maximum absolute atomic E-state index is 11.6. The van der Waals surface area contributed by atoms with Gasteiger partial charge >= 0.3 is 0 Å². The zero-order chi connectivity index (χ0) is 16.5. The van der Waals surface area contributed by atoms with E-state index in [4.69, 9.17) is 0 Å². The molecule has 0 spiro atoms. The minimum atomic E-state index is 0.489. The zero-order valence-corrected chi connectivity index (χ0v) is 14.9. The van der Waals surface area contributed by atoms with Crippen molar-refractivity contribution in [2.24, 2.45) is 0 Å². The van der Waals surface area contributed by atoms with Gasteiger partial charge in [0.25, 0.3) is 0 Å². The van der Waals surface area contributed by atoms with Gasteiger partial charge in [0, 0.05) is 16.5 Å². The number of aldehydes is 1. The van der Waals surface area contributed by atoms with Crippen LogP contribution in [0.3, 0.4) is 0 Å². The smallest absolute Gasteiger partial charge is 0.213 e. The first kappa shape index (κ1) is 15.2. The monoisotopic (exact) mass is 397 g/mol. The Hall–Kier alpha value is -2.31. The molecule has 4 aromatic rings. The first-order chi connectivity index (χ1) is 11.7. The number of hydrogen-bond acceptors (Lipinski definition) is 4. The molecule has 0 aliphatic carbocycles. The molecule has 0 fully saturated rings. The Balaban J connectivity index is 1.75. The molecule has 0 atom stereocenters. The predicted molar refractivity (Wildman–Crippen MR) is 98.6 cm³/mol. The van der Waals surface area contributed by atoms with Crippen LogP contribution in [0.25, 0.3) is 16.2 Å². The second kappa shape index (κ2) is 6.30. The van der Waals surface area contributed by atoms with Gasteiger partial charge in [0.15, 0.2) is 6.29 Å². The Morgan fingerprint density at radius 2 is 1.83 bits per heavy atom. The van der Waals surface area contributed by atoms with E-state index in [-0.39, 0.29) is 0 Å². The molecule has 118 valence electrons. The van der Waals surface area contributed by atoms with Crippen LogP contribution < -0.4 is 0 Å². The number of nitrogens with zero attached hydrogens (tertiary/aromatic N) is 3. The summed E-state index contributed by atoms with van der Waals surface area (Å²) in [7, 11) is 0. The number of rotatable bonds is 4. The molecule has 4 nitrogen and oxygen atoms in total. The molecule has 6 heteroatoms. The van der Waals surface area contributed by atoms with Crippen LogP contribution in [0.2, 0.25) is 0 Å². The van der Waals surface area contributed by atoms with Crippen LogP contribution >= 0.6 is 27.3 Å². The quantitative estimate of drug-likeness (QED) is 0.471. The number of imidazole rings is 1. The van der Waals surface area contributed by atoms with Gasteiger partial charge < -0.3 is 0 Å². The van der Waals surface area contributed by atoms with Gasteiger partial charge in [0.2, 0.25) is 4.96 Å². The van der Waals surface area contributed by atoms with Crippen LogP contribution in [0.4, 0.5) is 0 Å². The van der Waals surface area contributed by atoms with Crippen molar-refractivity contribution in [2.75, 3.05) is 0 Å². The van der Waals surface area contributed by atoms with Crippen molar-refractivity contribution in [1.29, 1.82) is 0 Å². The van der Waals surface area contributed by atoms with Gasteiger partial charge in [-0.3, -0.25) is 4.79 Å². The van der Waals surface area contributed by atoms with Crippen molar-refractivity contribution >= 4 is 38.5 Å². The fourth-order valence-corrected chi connectivity index (χ4v) is 3.77. The summed E-state index contributed by atoms with van der Waals surface area (Å²) in [6.07, 6.45) is 1.56. The van der Waals surface area contributed by atoms with Gasteiger partial charge in [0.1, 0.15) is 16.4 Å². The number of aromatic nitrogens is 3. The van der Waals surface area contributed by atoms with Gasteiger partial charge in [-0.15, -0.1) is 0 Å². The Kier molecular flexibility index (Phi) is 4.00. The molecule has 2 aromatic heterocycles. The lowest BCUT2D eigenvalue weighted by molar-refractivity contribution is 0.111. The van der Waals surface area contributed by atoms with E-state index >= 15 is 0 Å². The molecule has 0 unspecified atom stereocenters. The van der Waals surface area contributed by atoms with Gasteiger partial charge in [-0.05, 0) is 17.7 Å². The molecule has 0 N–H and O–H groups in total. The first-order valence-corrected chi connectivity index (χ1v) is 8.99. The van der Waals surface area contributed by atoms with E-state index in [2.05, 4.69) is 38.1 Å². The first-order valence-electron chi connectivity index (χ1n) is 7.38. The van der Waals surface area contributed by atoms with Gasteiger partial charge in [-0.25, -0.2) is 4.98 Å². The van der Waals surface area contributed by atoms with Crippen molar-refractivity contribution < 1.29 is 4.79 Å². The maximum Gasteiger partial charge on any atom is 0.213 e. The third-order valence-electron chi connectivity index (χ3n) is 3.71. The summed E-state index contributed by atoms with van der Waals surface area (Å²) in [6, 6.07) is 17.9. The van der Waals surface area contributed by atoms with Crippen molar-refractivity contribution in [3.05, 3.63) is 75.3 Å². The third-order valence-corrected chi connectivity index (χ3v) is 5.14. The molecular formula is C18H12BrN3OS. The molecule has 2 heterocycles. The van der Waals surface area contributed by atoms with Crippen molar-refractivity contribution in [3.8, 4) is 11.3 Å². The van der Waals surface area contributed by atoms with E-state index < -0.39 is 0 Å². The van der Waals surface area contributed by atoms with Crippen molar-refractivity contribution in [3.63, 3.8) is 0 Å². The Morgan fingerprint density at radius 3 is 2.54 bits per heavy atom. The van der Waals surface area contributed by atoms with Crippen LogP contribution in [0.1, 0.15) is 21.1 Å². The largest absolute Gasteiger partial charge is 0.296 e. The van der Waals surface area contributed by atoms with Crippen LogP contribution in [0.5, 0.6) is 0 Å². The Bertz CT molecular complexity index is 1010. The Labute approximate surface area is 150 Å². The number of halogens is 1. The van der Waals surface area contributed by atoms with E-state index in [1.165, 1.54) is 16.9 Å². The summed E-state index contributed by atoms with van der Waals surface area (Å²) >= 11 is 4.93. The van der Waals surface area contributed by atoms with E-state index in [0.717, 1.165) is 32.7 Å². The molecule has 0 aliphatic rings. The van der Waals surface area contributed by atoms with Crippen LogP contribution in [-0.2, 0) is 6.42 Å². The highest BCUT2D eigenvalue weighted by Crippen LogP contribution is 2.27. The van der Waals surface area contributed by atoms with E-state index in [1.807, 2.05) is 42.5 Å². The summed E-state index contributed by atoms with van der Waals surface area (Å²) in [5.41, 5.74) is 3.25. The van der Waals surface area contributed by atoms with E-state index in [0.29, 0.717) is 11.4 Å². The topological polar surface area (TPSA) is 47.3 Å². The molecule has 0 saturated carbocycles. The van der Waals surface area contributed by atoms with Crippen LogP contribution in [-0.4, -0.2) is 20.9 Å². The van der Waals surface area contributed by atoms with Gasteiger partial charge in [0.05, 0.1) is 0 Å². The lowest BCUT2D eigenvalue weighted by Gasteiger charge is -1.99. The Morgan fingerprint density at radius 1 is 1.08 bits per heavy atom. The number of carbonyl (C=O) groups excluding carboxylic acids is 1. The van der Waals surface area contributed by atoms with Crippen LogP contribution in [0.15, 0.2) is 59.1 Å².